The molecule has 150 valence electrons. The van der Waals surface area contributed by atoms with E-state index in [1.807, 2.05) is 36.2 Å². The molecule has 0 saturated heterocycles. The fourth-order valence-corrected chi connectivity index (χ4v) is 3.65. The normalized spacial score (nSPS) is 11.4. The van der Waals surface area contributed by atoms with Crippen molar-refractivity contribution in [3.8, 4) is 5.75 Å². The summed E-state index contributed by atoms with van der Waals surface area (Å²) in [5.41, 5.74) is 2.11. The Morgan fingerprint density at radius 1 is 1.25 bits per heavy atom. The summed E-state index contributed by atoms with van der Waals surface area (Å²) in [7, 11) is 3.59. The van der Waals surface area contributed by atoms with Gasteiger partial charge < -0.3 is 14.6 Å². The molecular formula is C20H27N5O2S. The van der Waals surface area contributed by atoms with Gasteiger partial charge in [0.1, 0.15) is 11.3 Å². The van der Waals surface area contributed by atoms with Gasteiger partial charge in [-0.3, -0.25) is 4.57 Å². The van der Waals surface area contributed by atoms with Crippen molar-refractivity contribution in [1.29, 1.82) is 0 Å². The fraction of sp³-hybridized carbons (Fsp3) is 0.450. The van der Waals surface area contributed by atoms with E-state index in [4.69, 9.17) is 9.72 Å². The molecule has 3 rings (SSSR count). The topological polar surface area (TPSA) is 76.0 Å². The molecule has 1 aromatic carbocycles. The molecule has 0 fully saturated rings. The minimum Gasteiger partial charge on any atom is -0.497 e. The smallest absolute Gasteiger partial charge is 0.327 e. The lowest BCUT2D eigenvalue weighted by Crippen LogP contribution is -2.19. The summed E-state index contributed by atoms with van der Waals surface area (Å²) in [4.78, 5) is 27.0. The zero-order chi connectivity index (χ0) is 20.3. The Hall–Kier alpha value is -2.48. The second-order valence-corrected chi connectivity index (χ2v) is 8.13. The molecule has 7 nitrogen and oxygen atoms in total. The molecule has 2 aromatic heterocycles. The maximum atomic E-state index is 12.6. The summed E-state index contributed by atoms with van der Waals surface area (Å²) in [6.45, 7) is 6.91. The number of methoxy groups -OCH3 is 1. The van der Waals surface area contributed by atoms with Crippen molar-refractivity contribution in [2.24, 2.45) is 5.92 Å². The van der Waals surface area contributed by atoms with Gasteiger partial charge in [0.2, 0.25) is 0 Å². The van der Waals surface area contributed by atoms with Gasteiger partial charge in [-0.1, -0.05) is 32.5 Å². The molecule has 0 atom stereocenters. The molecule has 0 amide bonds. The number of H-pyrrole nitrogens is 1. The predicted molar refractivity (Wildman–Crippen MR) is 115 cm³/mol. The highest BCUT2D eigenvalue weighted by Gasteiger charge is 2.19. The van der Waals surface area contributed by atoms with Gasteiger partial charge in [0.25, 0.3) is 0 Å². The summed E-state index contributed by atoms with van der Waals surface area (Å²) < 4.78 is 6.96. The van der Waals surface area contributed by atoms with E-state index in [0.717, 1.165) is 23.6 Å². The van der Waals surface area contributed by atoms with Crippen molar-refractivity contribution in [3.63, 3.8) is 0 Å². The second-order valence-electron chi connectivity index (χ2n) is 7.07. The van der Waals surface area contributed by atoms with E-state index in [2.05, 4.69) is 30.7 Å². The average Bonchev–Trinajstić information content (AvgIpc) is 3.00. The number of benzene rings is 1. The van der Waals surface area contributed by atoms with Crippen molar-refractivity contribution in [2.75, 3.05) is 24.8 Å². The third-order valence-electron chi connectivity index (χ3n) is 4.34. The number of anilines is 2. The molecule has 0 aliphatic heterocycles. The van der Waals surface area contributed by atoms with Gasteiger partial charge >= 0.3 is 5.69 Å². The number of imidazole rings is 1. The number of nitrogens with one attached hydrogen (secondary N) is 1. The van der Waals surface area contributed by atoms with E-state index in [1.165, 1.54) is 0 Å². The minimum atomic E-state index is -0.153. The summed E-state index contributed by atoms with van der Waals surface area (Å²) >= 11 is 1.61. The summed E-state index contributed by atoms with van der Waals surface area (Å²) in [6, 6.07) is 7.75. The molecular weight excluding hydrogens is 374 g/mol. The molecule has 0 aliphatic rings. The molecule has 0 saturated carbocycles. The number of nitrogens with zero attached hydrogens (tertiary/aromatic N) is 4. The standard InChI is InChI=1S/C20H27N5O2S/c1-6-11-28-19-22-17(24(4)14-7-9-15(27-5)10-8-14)16-18(23-19)25(12-13(2)3)20(26)21-16/h7-10,13H,6,11-12H2,1-5H3,(H,21,26). The predicted octanol–water partition coefficient (Wildman–Crippen LogP) is 4.05. The molecule has 0 aliphatic carbocycles. The largest absolute Gasteiger partial charge is 0.497 e. The fourth-order valence-electron chi connectivity index (χ4n) is 2.96. The number of hydrogen-bond donors (Lipinski definition) is 1. The van der Waals surface area contributed by atoms with Crippen LogP contribution >= 0.6 is 11.8 Å². The molecule has 2 heterocycles. The quantitative estimate of drug-likeness (QED) is 0.453. The van der Waals surface area contributed by atoms with E-state index in [-0.39, 0.29) is 5.69 Å². The highest BCUT2D eigenvalue weighted by Crippen LogP contribution is 2.30. The minimum absolute atomic E-state index is 0.153. The lowest BCUT2D eigenvalue weighted by Gasteiger charge is -2.20. The van der Waals surface area contributed by atoms with Crippen molar-refractivity contribution < 1.29 is 4.74 Å². The van der Waals surface area contributed by atoms with Crippen LogP contribution in [-0.4, -0.2) is 39.4 Å². The number of fused-ring (bicyclic) bond motifs is 1. The number of thioether (sulfide) groups is 1. The summed E-state index contributed by atoms with van der Waals surface area (Å²) in [5, 5.41) is 0.682. The lowest BCUT2D eigenvalue weighted by atomic mass is 10.2. The molecule has 28 heavy (non-hydrogen) atoms. The van der Waals surface area contributed by atoms with Crippen molar-refractivity contribution in [2.45, 2.75) is 38.9 Å². The first kappa shape index (κ1) is 20.3. The summed E-state index contributed by atoms with van der Waals surface area (Å²) in [6.07, 6.45) is 1.03. The van der Waals surface area contributed by atoms with Gasteiger partial charge in [0, 0.05) is 25.0 Å². The second kappa shape index (κ2) is 8.68. The van der Waals surface area contributed by atoms with Gasteiger partial charge in [-0.2, -0.15) is 0 Å². The van der Waals surface area contributed by atoms with Crippen LogP contribution in [0.5, 0.6) is 5.75 Å². The highest BCUT2D eigenvalue weighted by atomic mass is 32.2. The number of aromatic amines is 1. The van der Waals surface area contributed by atoms with E-state index < -0.39 is 0 Å². The molecule has 0 unspecified atom stereocenters. The molecule has 0 spiro atoms. The van der Waals surface area contributed by atoms with Crippen LogP contribution in [0, 0.1) is 5.92 Å². The SMILES string of the molecule is CCCSc1nc(N(C)c2ccc(OC)cc2)c2[nH]c(=O)n(CC(C)C)c2n1. The number of aromatic nitrogens is 4. The van der Waals surface area contributed by atoms with Gasteiger partial charge in [-0.15, -0.1) is 0 Å². The Balaban J connectivity index is 2.14. The highest BCUT2D eigenvalue weighted by molar-refractivity contribution is 7.99. The zero-order valence-corrected chi connectivity index (χ0v) is 17.8. The van der Waals surface area contributed by atoms with Gasteiger partial charge in [0.15, 0.2) is 16.6 Å². The van der Waals surface area contributed by atoms with Crippen LogP contribution in [0.3, 0.4) is 0 Å². The van der Waals surface area contributed by atoms with Crippen molar-refractivity contribution in [3.05, 3.63) is 34.7 Å². The Bertz CT molecular complexity index is 994. The Kier molecular flexibility index (Phi) is 6.28. The van der Waals surface area contributed by atoms with E-state index in [1.54, 1.807) is 23.4 Å². The van der Waals surface area contributed by atoms with Gasteiger partial charge in [-0.25, -0.2) is 14.8 Å². The Morgan fingerprint density at radius 3 is 2.57 bits per heavy atom. The van der Waals surface area contributed by atoms with E-state index >= 15 is 0 Å². The first-order chi connectivity index (χ1) is 13.4. The van der Waals surface area contributed by atoms with Gasteiger partial charge in [0.05, 0.1) is 7.11 Å². The van der Waals surface area contributed by atoms with Crippen molar-refractivity contribution in [1.82, 2.24) is 19.5 Å². The Morgan fingerprint density at radius 2 is 1.96 bits per heavy atom. The molecule has 1 N–H and O–H groups in total. The molecule has 0 radical (unpaired) electrons. The van der Waals surface area contributed by atoms with Crippen LogP contribution in [0.15, 0.2) is 34.2 Å². The van der Waals surface area contributed by atoms with E-state index in [9.17, 15) is 4.79 Å². The molecule has 3 aromatic rings. The van der Waals surface area contributed by atoms with Crippen LogP contribution in [-0.2, 0) is 6.54 Å². The van der Waals surface area contributed by atoms with E-state index in [0.29, 0.717) is 34.6 Å². The molecule has 0 bridgehead atoms. The summed E-state index contributed by atoms with van der Waals surface area (Å²) in [5.74, 6) is 2.74. The van der Waals surface area contributed by atoms with Crippen LogP contribution in [0.25, 0.3) is 11.2 Å². The van der Waals surface area contributed by atoms with Crippen LogP contribution in [0.4, 0.5) is 11.5 Å². The maximum absolute atomic E-state index is 12.6. The third-order valence-corrected chi connectivity index (χ3v) is 5.40. The third kappa shape index (κ3) is 4.16. The van der Waals surface area contributed by atoms with Crippen molar-refractivity contribution >= 4 is 34.4 Å². The van der Waals surface area contributed by atoms with Crippen LogP contribution in [0.1, 0.15) is 27.2 Å². The number of ether oxygens (including phenoxy) is 1. The first-order valence-corrected chi connectivity index (χ1v) is 10.4. The van der Waals surface area contributed by atoms with Crippen LogP contribution in [0.2, 0.25) is 0 Å². The number of rotatable bonds is 8. The molecule has 8 heteroatoms. The lowest BCUT2D eigenvalue weighted by molar-refractivity contribution is 0.415. The average molecular weight is 402 g/mol. The van der Waals surface area contributed by atoms with Crippen LogP contribution < -0.4 is 15.3 Å². The monoisotopic (exact) mass is 401 g/mol. The first-order valence-electron chi connectivity index (χ1n) is 9.45. The Labute approximate surface area is 169 Å². The maximum Gasteiger partial charge on any atom is 0.327 e. The van der Waals surface area contributed by atoms with Gasteiger partial charge in [-0.05, 0) is 36.6 Å². The number of hydrogen-bond acceptors (Lipinski definition) is 6. The zero-order valence-electron chi connectivity index (χ0n) is 17.0.